The normalized spacial score (nSPS) is 10.6. The molecule has 22 heavy (non-hydrogen) atoms. The Hall–Kier alpha value is -2.09. The molecule has 0 saturated heterocycles. The Balaban J connectivity index is 2.26. The van der Waals surface area contributed by atoms with Gasteiger partial charge in [-0.2, -0.15) is 0 Å². The van der Waals surface area contributed by atoms with E-state index in [1.165, 1.54) is 5.56 Å². The van der Waals surface area contributed by atoms with Crippen molar-refractivity contribution in [1.82, 2.24) is 0 Å². The van der Waals surface area contributed by atoms with Gasteiger partial charge < -0.3 is 9.90 Å². The molecule has 0 fully saturated rings. The van der Waals surface area contributed by atoms with Crippen LogP contribution in [0.15, 0.2) is 42.5 Å². The summed E-state index contributed by atoms with van der Waals surface area (Å²) in [4.78, 5) is 10.9. The molecule has 2 aromatic carbocycles. The summed E-state index contributed by atoms with van der Waals surface area (Å²) in [7, 11) is 0. The maximum Gasteiger partial charge on any atom is 0.124 e. The van der Waals surface area contributed by atoms with Crippen LogP contribution in [0.4, 0.5) is 0 Å². The molecule has 0 aromatic heterocycles. The first kappa shape index (κ1) is 16.3. The lowest BCUT2D eigenvalue weighted by Crippen LogP contribution is -1.98. The lowest BCUT2D eigenvalue weighted by atomic mass is 9.95. The van der Waals surface area contributed by atoms with Crippen LogP contribution in [-0.2, 0) is 24.1 Å². The molecule has 0 bridgehead atoms. The molecular weight excluding hydrogens is 272 g/mol. The summed E-state index contributed by atoms with van der Waals surface area (Å²) in [5, 5.41) is 10.4. The molecule has 0 aliphatic carbocycles. The quantitative estimate of drug-likeness (QED) is 0.577. The number of aldehydes is 1. The summed E-state index contributed by atoms with van der Waals surface area (Å²) < 4.78 is 0. The molecule has 2 nitrogen and oxygen atoms in total. The highest BCUT2D eigenvalue weighted by Crippen LogP contribution is 2.27. The van der Waals surface area contributed by atoms with Gasteiger partial charge in [0.2, 0.25) is 0 Å². The minimum atomic E-state index is 0.273. The number of aromatic hydroxyl groups is 1. The van der Waals surface area contributed by atoms with Gasteiger partial charge in [0.25, 0.3) is 0 Å². The largest absolute Gasteiger partial charge is 0.507 e. The molecule has 1 N–H and O–H groups in total. The molecule has 0 unspecified atom stereocenters. The summed E-state index contributed by atoms with van der Waals surface area (Å²) in [5.74, 6) is 0.306. The predicted octanol–water partition coefficient (Wildman–Crippen LogP) is 4.46. The van der Waals surface area contributed by atoms with Gasteiger partial charge in [-0.05, 0) is 36.0 Å². The molecule has 0 spiro atoms. The molecule has 0 aliphatic heterocycles. The molecule has 0 saturated carbocycles. The zero-order valence-electron chi connectivity index (χ0n) is 13.2. The van der Waals surface area contributed by atoms with Crippen molar-refractivity contribution in [3.05, 3.63) is 64.7 Å². The van der Waals surface area contributed by atoms with E-state index >= 15 is 0 Å². The van der Waals surface area contributed by atoms with Crippen molar-refractivity contribution in [1.29, 1.82) is 0 Å². The number of phenols is 1. The van der Waals surface area contributed by atoms with Gasteiger partial charge in [-0.25, -0.2) is 0 Å². The van der Waals surface area contributed by atoms with Crippen LogP contribution in [0.5, 0.6) is 5.75 Å². The topological polar surface area (TPSA) is 37.3 Å². The maximum absolute atomic E-state index is 10.9. The minimum Gasteiger partial charge on any atom is -0.507 e. The van der Waals surface area contributed by atoms with E-state index in [0.29, 0.717) is 5.75 Å². The average molecular weight is 296 g/mol. The zero-order chi connectivity index (χ0) is 15.8. The number of hydrogen-bond acceptors (Lipinski definition) is 2. The molecule has 0 heterocycles. The summed E-state index contributed by atoms with van der Waals surface area (Å²) in [6.07, 6.45) is 6.21. The van der Waals surface area contributed by atoms with Crippen LogP contribution in [0.2, 0.25) is 0 Å². The van der Waals surface area contributed by atoms with Gasteiger partial charge in [-0.15, -0.1) is 0 Å². The monoisotopic (exact) mass is 296 g/mol. The molecule has 0 atom stereocenters. The SMILES string of the molecule is CCCCCc1cc(Cc2ccccc2)cc(CC=O)c1O. The van der Waals surface area contributed by atoms with Crippen LogP contribution in [0.25, 0.3) is 0 Å². The molecule has 0 amide bonds. The third-order valence-corrected chi connectivity index (χ3v) is 3.93. The van der Waals surface area contributed by atoms with E-state index in [4.69, 9.17) is 0 Å². The van der Waals surface area contributed by atoms with Crippen LogP contribution in [0.1, 0.15) is 48.4 Å². The van der Waals surface area contributed by atoms with Gasteiger partial charge >= 0.3 is 0 Å². The number of hydrogen-bond donors (Lipinski definition) is 1. The molecule has 2 heteroatoms. The number of rotatable bonds is 8. The van der Waals surface area contributed by atoms with Crippen molar-refractivity contribution >= 4 is 6.29 Å². The maximum atomic E-state index is 10.9. The third-order valence-electron chi connectivity index (χ3n) is 3.93. The van der Waals surface area contributed by atoms with Crippen molar-refractivity contribution in [2.24, 2.45) is 0 Å². The fourth-order valence-electron chi connectivity index (χ4n) is 2.77. The van der Waals surface area contributed by atoms with E-state index in [1.807, 2.05) is 24.3 Å². The van der Waals surface area contributed by atoms with E-state index in [9.17, 15) is 9.90 Å². The van der Waals surface area contributed by atoms with E-state index in [2.05, 4.69) is 25.1 Å². The van der Waals surface area contributed by atoms with Crippen LogP contribution in [0, 0.1) is 0 Å². The Morgan fingerprint density at radius 2 is 1.73 bits per heavy atom. The molecular formula is C20H24O2. The third kappa shape index (κ3) is 4.45. The van der Waals surface area contributed by atoms with Crippen LogP contribution < -0.4 is 0 Å². The molecule has 2 aromatic rings. The first-order valence-corrected chi connectivity index (χ1v) is 8.05. The Kier molecular flexibility index (Phi) is 6.20. The smallest absolute Gasteiger partial charge is 0.124 e. The van der Waals surface area contributed by atoms with Gasteiger partial charge in [-0.3, -0.25) is 0 Å². The first-order chi connectivity index (χ1) is 10.7. The first-order valence-electron chi connectivity index (χ1n) is 8.05. The molecule has 0 aliphatic rings. The zero-order valence-corrected chi connectivity index (χ0v) is 13.2. The van der Waals surface area contributed by atoms with Crippen LogP contribution in [-0.4, -0.2) is 11.4 Å². The van der Waals surface area contributed by atoms with Crippen molar-refractivity contribution < 1.29 is 9.90 Å². The molecule has 0 radical (unpaired) electrons. The highest BCUT2D eigenvalue weighted by atomic mass is 16.3. The van der Waals surface area contributed by atoms with Gasteiger partial charge in [0.15, 0.2) is 0 Å². The van der Waals surface area contributed by atoms with Gasteiger partial charge in [-0.1, -0.05) is 62.2 Å². The van der Waals surface area contributed by atoms with Gasteiger partial charge in [0, 0.05) is 12.0 Å². The summed E-state index contributed by atoms with van der Waals surface area (Å²) in [6.45, 7) is 2.17. The van der Waals surface area contributed by atoms with E-state index in [-0.39, 0.29) is 6.42 Å². The van der Waals surface area contributed by atoms with Crippen molar-refractivity contribution in [3.8, 4) is 5.75 Å². The van der Waals surface area contributed by atoms with Crippen molar-refractivity contribution in [2.45, 2.75) is 45.4 Å². The number of phenolic OH excluding ortho intramolecular Hbond substituents is 1. The highest BCUT2D eigenvalue weighted by Gasteiger charge is 2.10. The number of benzene rings is 2. The number of unbranched alkanes of at least 4 members (excludes halogenated alkanes) is 2. The second-order valence-electron chi connectivity index (χ2n) is 5.75. The summed E-state index contributed by atoms with van der Waals surface area (Å²) in [6, 6.07) is 14.3. The number of carbonyl (C=O) groups excluding carboxylic acids is 1. The van der Waals surface area contributed by atoms with Crippen LogP contribution in [0.3, 0.4) is 0 Å². The number of aryl methyl sites for hydroxylation is 1. The second kappa shape index (κ2) is 8.38. The van der Waals surface area contributed by atoms with Gasteiger partial charge in [0.05, 0.1) is 0 Å². The molecule has 2 rings (SSSR count). The summed E-state index contributed by atoms with van der Waals surface area (Å²) in [5.41, 5.74) is 4.12. The Labute approximate surface area is 132 Å². The van der Waals surface area contributed by atoms with Crippen LogP contribution >= 0.6 is 0 Å². The Morgan fingerprint density at radius 3 is 2.41 bits per heavy atom. The molecule has 116 valence electrons. The van der Waals surface area contributed by atoms with Gasteiger partial charge in [0.1, 0.15) is 12.0 Å². The Morgan fingerprint density at radius 1 is 1.00 bits per heavy atom. The number of carbonyl (C=O) groups is 1. The lowest BCUT2D eigenvalue weighted by Gasteiger charge is -2.12. The lowest BCUT2D eigenvalue weighted by molar-refractivity contribution is -0.107. The van der Waals surface area contributed by atoms with Crippen molar-refractivity contribution in [2.75, 3.05) is 0 Å². The fraction of sp³-hybridized carbons (Fsp3) is 0.350. The second-order valence-corrected chi connectivity index (χ2v) is 5.75. The standard InChI is InChI=1S/C20H24O2/c1-2-3-5-10-18-14-17(13-16-8-6-4-7-9-16)15-19(11-12-21)20(18)22/h4,6-9,12,14-15,22H,2-3,5,10-11,13H2,1H3. The minimum absolute atomic E-state index is 0.273. The van der Waals surface area contributed by atoms with Crippen molar-refractivity contribution in [3.63, 3.8) is 0 Å². The predicted molar refractivity (Wildman–Crippen MR) is 90.4 cm³/mol. The highest BCUT2D eigenvalue weighted by molar-refractivity contribution is 5.59. The average Bonchev–Trinajstić information content (AvgIpc) is 2.53. The Bertz CT molecular complexity index is 603. The fourth-order valence-corrected chi connectivity index (χ4v) is 2.77. The van der Waals surface area contributed by atoms with E-state index in [0.717, 1.165) is 55.1 Å². The van der Waals surface area contributed by atoms with E-state index in [1.54, 1.807) is 0 Å². The van der Waals surface area contributed by atoms with E-state index < -0.39 is 0 Å². The summed E-state index contributed by atoms with van der Waals surface area (Å²) >= 11 is 0.